The van der Waals surface area contributed by atoms with E-state index < -0.39 is 0 Å². The largest absolute Gasteiger partial charge is 0.496 e. The van der Waals surface area contributed by atoms with Crippen molar-refractivity contribution < 1.29 is 9.53 Å². The van der Waals surface area contributed by atoms with Gasteiger partial charge in [-0.2, -0.15) is 5.10 Å². The molecule has 1 amide bonds. The maximum Gasteiger partial charge on any atom is 0.225 e. The third-order valence-corrected chi connectivity index (χ3v) is 3.46. The third-order valence-electron chi connectivity index (χ3n) is 2.84. The van der Waals surface area contributed by atoms with Gasteiger partial charge in [0.25, 0.3) is 0 Å². The van der Waals surface area contributed by atoms with Crippen LogP contribution < -0.4 is 10.1 Å². The third kappa shape index (κ3) is 3.84. The number of hydrogen-bond acceptors (Lipinski definition) is 3. The zero-order chi connectivity index (χ0) is 14.5. The first-order valence-corrected chi connectivity index (χ1v) is 6.99. The molecular formula is C14H16BrN3O2. The molecule has 1 aromatic carbocycles. The van der Waals surface area contributed by atoms with Crippen LogP contribution in [-0.2, 0) is 18.3 Å². The summed E-state index contributed by atoms with van der Waals surface area (Å²) >= 11 is 3.43. The van der Waals surface area contributed by atoms with Gasteiger partial charge in [-0.3, -0.25) is 9.48 Å². The lowest BCUT2D eigenvalue weighted by Crippen LogP contribution is -2.13. The molecule has 5 nitrogen and oxygen atoms in total. The maximum absolute atomic E-state index is 11.8. The molecular weight excluding hydrogens is 322 g/mol. The number of hydrogen-bond donors (Lipinski definition) is 1. The van der Waals surface area contributed by atoms with Crippen molar-refractivity contribution in [2.45, 2.75) is 12.8 Å². The minimum Gasteiger partial charge on any atom is -0.496 e. The molecule has 0 fully saturated rings. The summed E-state index contributed by atoms with van der Waals surface area (Å²) in [5.41, 5.74) is 1.08. The molecule has 2 aromatic rings. The number of carbonyl (C=O) groups excluding carboxylic acids is 1. The zero-order valence-corrected chi connectivity index (χ0v) is 13.0. The van der Waals surface area contributed by atoms with Crippen molar-refractivity contribution in [3.05, 3.63) is 40.5 Å². The lowest BCUT2D eigenvalue weighted by molar-refractivity contribution is -0.116. The van der Waals surface area contributed by atoms with Crippen molar-refractivity contribution in [3.8, 4) is 5.75 Å². The van der Waals surface area contributed by atoms with E-state index in [2.05, 4.69) is 26.3 Å². The van der Waals surface area contributed by atoms with Crippen molar-refractivity contribution in [3.63, 3.8) is 0 Å². The number of carbonyl (C=O) groups is 1. The fourth-order valence-electron chi connectivity index (χ4n) is 1.81. The topological polar surface area (TPSA) is 56.1 Å². The van der Waals surface area contributed by atoms with Gasteiger partial charge in [-0.15, -0.1) is 0 Å². The van der Waals surface area contributed by atoms with Crippen LogP contribution in [0.1, 0.15) is 12.0 Å². The van der Waals surface area contributed by atoms with E-state index in [1.165, 1.54) is 0 Å². The Kier molecular flexibility index (Phi) is 4.79. The Morgan fingerprint density at radius 3 is 2.85 bits per heavy atom. The molecule has 0 radical (unpaired) electrons. The predicted octanol–water partition coefficient (Wildman–Crippen LogP) is 2.76. The second-order valence-corrected chi connectivity index (χ2v) is 5.25. The molecule has 106 valence electrons. The van der Waals surface area contributed by atoms with Crippen LogP contribution in [0.25, 0.3) is 0 Å². The van der Waals surface area contributed by atoms with Crippen LogP contribution in [0.4, 0.5) is 5.82 Å². The van der Waals surface area contributed by atoms with Crippen molar-refractivity contribution in [1.29, 1.82) is 0 Å². The molecule has 0 atom stereocenters. The molecule has 0 spiro atoms. The van der Waals surface area contributed by atoms with Crippen LogP contribution in [0.15, 0.2) is 34.9 Å². The van der Waals surface area contributed by atoms with E-state index in [9.17, 15) is 4.79 Å². The molecule has 1 heterocycles. The standard InChI is InChI=1S/C14H16BrN3O2/c1-18-8-7-13(17-18)16-14(19)6-4-10-3-5-12(20-2)11(15)9-10/h3,5,7-9H,4,6H2,1-2H3,(H,16,17,19). The molecule has 1 aromatic heterocycles. The summed E-state index contributed by atoms with van der Waals surface area (Å²) in [6, 6.07) is 7.57. The Labute approximate surface area is 126 Å². The molecule has 0 bridgehead atoms. The highest BCUT2D eigenvalue weighted by atomic mass is 79.9. The van der Waals surface area contributed by atoms with Gasteiger partial charge in [-0.05, 0) is 40.0 Å². The van der Waals surface area contributed by atoms with Gasteiger partial charge in [-0.25, -0.2) is 0 Å². The second kappa shape index (κ2) is 6.56. The molecule has 0 unspecified atom stereocenters. The lowest BCUT2D eigenvalue weighted by atomic mass is 10.1. The van der Waals surface area contributed by atoms with Gasteiger partial charge in [0, 0.05) is 25.7 Å². The van der Waals surface area contributed by atoms with Gasteiger partial charge >= 0.3 is 0 Å². The Morgan fingerprint density at radius 1 is 1.45 bits per heavy atom. The van der Waals surface area contributed by atoms with Crippen molar-refractivity contribution >= 4 is 27.7 Å². The predicted molar refractivity (Wildman–Crippen MR) is 80.9 cm³/mol. The summed E-state index contributed by atoms with van der Waals surface area (Å²) in [6.07, 6.45) is 2.87. The lowest BCUT2D eigenvalue weighted by Gasteiger charge is -2.06. The number of nitrogens with one attached hydrogen (secondary N) is 1. The molecule has 6 heteroatoms. The number of amides is 1. The van der Waals surface area contributed by atoms with E-state index in [0.717, 1.165) is 15.8 Å². The Balaban J connectivity index is 1.88. The highest BCUT2D eigenvalue weighted by molar-refractivity contribution is 9.10. The fraction of sp³-hybridized carbons (Fsp3) is 0.286. The van der Waals surface area contributed by atoms with E-state index in [1.807, 2.05) is 25.2 Å². The summed E-state index contributed by atoms with van der Waals surface area (Å²) in [6.45, 7) is 0. The molecule has 2 rings (SSSR count). The van der Waals surface area contributed by atoms with E-state index in [0.29, 0.717) is 18.7 Å². The SMILES string of the molecule is COc1ccc(CCC(=O)Nc2ccn(C)n2)cc1Br. The second-order valence-electron chi connectivity index (χ2n) is 4.39. The number of aryl methyl sites for hydroxylation is 2. The smallest absolute Gasteiger partial charge is 0.225 e. The minimum atomic E-state index is -0.0457. The van der Waals surface area contributed by atoms with E-state index in [-0.39, 0.29) is 5.91 Å². The Bertz CT molecular complexity index is 610. The fourth-order valence-corrected chi connectivity index (χ4v) is 2.40. The average molecular weight is 338 g/mol. The number of rotatable bonds is 5. The van der Waals surface area contributed by atoms with Crippen molar-refractivity contribution in [2.24, 2.45) is 7.05 Å². The Morgan fingerprint density at radius 2 is 2.25 bits per heavy atom. The van der Waals surface area contributed by atoms with Crippen LogP contribution in [0.2, 0.25) is 0 Å². The van der Waals surface area contributed by atoms with Crippen LogP contribution in [0.5, 0.6) is 5.75 Å². The molecule has 0 aliphatic rings. The first kappa shape index (κ1) is 14.6. The van der Waals surface area contributed by atoms with Gasteiger partial charge < -0.3 is 10.1 Å². The summed E-state index contributed by atoms with van der Waals surface area (Å²) in [7, 11) is 3.44. The number of methoxy groups -OCH3 is 1. The zero-order valence-electron chi connectivity index (χ0n) is 11.4. The van der Waals surface area contributed by atoms with Crippen LogP contribution >= 0.6 is 15.9 Å². The van der Waals surface area contributed by atoms with Crippen molar-refractivity contribution in [1.82, 2.24) is 9.78 Å². The molecule has 20 heavy (non-hydrogen) atoms. The van der Waals surface area contributed by atoms with Crippen LogP contribution in [0.3, 0.4) is 0 Å². The van der Waals surface area contributed by atoms with E-state index >= 15 is 0 Å². The van der Waals surface area contributed by atoms with Gasteiger partial charge in [0.15, 0.2) is 5.82 Å². The highest BCUT2D eigenvalue weighted by Gasteiger charge is 2.06. The number of halogens is 1. The van der Waals surface area contributed by atoms with Crippen LogP contribution in [0, 0.1) is 0 Å². The van der Waals surface area contributed by atoms with Gasteiger partial charge in [0.2, 0.25) is 5.91 Å². The van der Waals surface area contributed by atoms with Gasteiger partial charge in [-0.1, -0.05) is 6.07 Å². The quantitative estimate of drug-likeness (QED) is 0.912. The monoisotopic (exact) mass is 337 g/mol. The van der Waals surface area contributed by atoms with E-state index in [4.69, 9.17) is 4.74 Å². The first-order chi connectivity index (χ1) is 9.58. The molecule has 0 saturated heterocycles. The highest BCUT2D eigenvalue weighted by Crippen LogP contribution is 2.25. The van der Waals surface area contributed by atoms with E-state index in [1.54, 1.807) is 24.1 Å². The molecule has 0 aliphatic heterocycles. The normalized spacial score (nSPS) is 10.3. The number of nitrogens with zero attached hydrogens (tertiary/aromatic N) is 2. The summed E-state index contributed by atoms with van der Waals surface area (Å²) in [5.74, 6) is 1.32. The molecule has 0 saturated carbocycles. The minimum absolute atomic E-state index is 0.0457. The molecule has 1 N–H and O–H groups in total. The number of aromatic nitrogens is 2. The van der Waals surface area contributed by atoms with Crippen LogP contribution in [-0.4, -0.2) is 22.8 Å². The maximum atomic E-state index is 11.8. The summed E-state index contributed by atoms with van der Waals surface area (Å²) in [4.78, 5) is 11.8. The summed E-state index contributed by atoms with van der Waals surface area (Å²) in [5, 5.41) is 6.87. The average Bonchev–Trinajstić information content (AvgIpc) is 2.82. The van der Waals surface area contributed by atoms with Gasteiger partial charge in [0.1, 0.15) is 5.75 Å². The van der Waals surface area contributed by atoms with Gasteiger partial charge in [0.05, 0.1) is 11.6 Å². The number of benzene rings is 1. The summed E-state index contributed by atoms with van der Waals surface area (Å²) < 4.78 is 7.71. The Hall–Kier alpha value is -1.82. The van der Waals surface area contributed by atoms with Crippen molar-refractivity contribution in [2.75, 3.05) is 12.4 Å². The number of anilines is 1. The number of ether oxygens (including phenoxy) is 1. The first-order valence-electron chi connectivity index (χ1n) is 6.20. The molecule has 0 aliphatic carbocycles.